The molecule has 2 fully saturated rings. The molecule has 5 atom stereocenters. The zero-order chi connectivity index (χ0) is 10.4. The number of allylic oxidation sites excluding steroid dienone is 2. The molecule has 15 heavy (non-hydrogen) atoms. The highest BCUT2D eigenvalue weighted by atomic mass is 16.5. The molecular weight excluding hydrogens is 188 g/mol. The van der Waals surface area contributed by atoms with Crippen molar-refractivity contribution in [3.63, 3.8) is 0 Å². The fraction of sp³-hybridized carbons (Fsp3) is 0.769. The van der Waals surface area contributed by atoms with Gasteiger partial charge in [-0.05, 0) is 37.0 Å². The molecule has 3 rings (SSSR count). The summed E-state index contributed by atoms with van der Waals surface area (Å²) in [6.45, 7) is 1.87. The molecule has 2 saturated carbocycles. The first-order chi connectivity index (χ1) is 7.29. The van der Waals surface area contributed by atoms with Crippen molar-refractivity contribution in [3.8, 4) is 0 Å². The van der Waals surface area contributed by atoms with Crippen molar-refractivity contribution < 1.29 is 9.53 Å². The Morgan fingerprint density at radius 1 is 1.40 bits per heavy atom. The molecule has 0 amide bonds. The topological polar surface area (TPSA) is 26.3 Å². The van der Waals surface area contributed by atoms with E-state index in [0.717, 1.165) is 24.2 Å². The van der Waals surface area contributed by atoms with Gasteiger partial charge < -0.3 is 4.74 Å². The number of hydrogen-bond donors (Lipinski definition) is 0. The second-order valence-corrected chi connectivity index (χ2v) is 5.18. The Bertz CT molecular complexity index is 308. The minimum Gasteiger partial charge on any atom is -0.462 e. The van der Waals surface area contributed by atoms with E-state index in [1.807, 2.05) is 6.92 Å². The molecular formula is C13H18O2. The Labute approximate surface area is 90.7 Å². The molecule has 2 heteroatoms. The van der Waals surface area contributed by atoms with Gasteiger partial charge in [-0.15, -0.1) is 0 Å². The number of fused-ring (bicyclic) bond motifs is 5. The lowest BCUT2D eigenvalue weighted by molar-refractivity contribution is -0.152. The van der Waals surface area contributed by atoms with E-state index < -0.39 is 0 Å². The van der Waals surface area contributed by atoms with Crippen molar-refractivity contribution in [1.82, 2.24) is 0 Å². The van der Waals surface area contributed by atoms with Crippen LogP contribution in [0.15, 0.2) is 12.2 Å². The van der Waals surface area contributed by atoms with E-state index in [4.69, 9.17) is 4.74 Å². The molecule has 3 aliphatic rings. The molecule has 0 aromatic rings. The van der Waals surface area contributed by atoms with Gasteiger partial charge in [0.1, 0.15) is 6.10 Å². The van der Waals surface area contributed by atoms with Crippen LogP contribution in [0.5, 0.6) is 0 Å². The van der Waals surface area contributed by atoms with Crippen LogP contribution in [-0.2, 0) is 9.53 Å². The average Bonchev–Trinajstić information content (AvgIpc) is 2.87. The Kier molecular flexibility index (Phi) is 2.11. The van der Waals surface area contributed by atoms with Crippen molar-refractivity contribution in [3.05, 3.63) is 12.2 Å². The SMILES string of the molecule is CCC(=O)O[C@@H]1C[C@H]2C[C@@H]1[C@@H]1C=CC[C@@H]21. The summed E-state index contributed by atoms with van der Waals surface area (Å²) < 4.78 is 5.53. The van der Waals surface area contributed by atoms with Crippen LogP contribution >= 0.6 is 0 Å². The second kappa shape index (κ2) is 3.36. The van der Waals surface area contributed by atoms with Crippen molar-refractivity contribution >= 4 is 5.97 Å². The zero-order valence-electron chi connectivity index (χ0n) is 9.19. The van der Waals surface area contributed by atoms with Crippen LogP contribution in [0.3, 0.4) is 0 Å². The molecule has 0 aromatic heterocycles. The highest BCUT2D eigenvalue weighted by Crippen LogP contribution is 2.57. The fourth-order valence-electron chi connectivity index (χ4n) is 3.87. The van der Waals surface area contributed by atoms with Crippen LogP contribution in [-0.4, -0.2) is 12.1 Å². The second-order valence-electron chi connectivity index (χ2n) is 5.18. The quantitative estimate of drug-likeness (QED) is 0.512. The van der Waals surface area contributed by atoms with Crippen LogP contribution in [0.4, 0.5) is 0 Å². The number of ether oxygens (including phenoxy) is 1. The summed E-state index contributed by atoms with van der Waals surface area (Å²) in [7, 11) is 0. The van der Waals surface area contributed by atoms with Gasteiger partial charge >= 0.3 is 5.97 Å². The first kappa shape index (κ1) is 9.44. The summed E-state index contributed by atoms with van der Waals surface area (Å²) in [6.07, 6.45) is 9.10. The summed E-state index contributed by atoms with van der Waals surface area (Å²) in [5, 5.41) is 0. The number of carbonyl (C=O) groups excluding carboxylic acids is 1. The van der Waals surface area contributed by atoms with Crippen LogP contribution < -0.4 is 0 Å². The molecule has 2 nitrogen and oxygen atoms in total. The maximum absolute atomic E-state index is 11.3. The predicted octanol–water partition coefficient (Wildman–Crippen LogP) is 2.54. The van der Waals surface area contributed by atoms with E-state index >= 15 is 0 Å². The molecule has 0 unspecified atom stereocenters. The molecule has 0 aliphatic heterocycles. The van der Waals surface area contributed by atoms with E-state index in [9.17, 15) is 4.79 Å². The van der Waals surface area contributed by atoms with Crippen molar-refractivity contribution in [2.45, 2.75) is 38.7 Å². The third-order valence-electron chi connectivity index (χ3n) is 4.52. The Hall–Kier alpha value is -0.790. The molecule has 0 radical (unpaired) electrons. The minimum absolute atomic E-state index is 0.0222. The fourth-order valence-corrected chi connectivity index (χ4v) is 3.87. The lowest BCUT2D eigenvalue weighted by atomic mass is 9.80. The Morgan fingerprint density at radius 3 is 3.07 bits per heavy atom. The first-order valence-electron chi connectivity index (χ1n) is 6.15. The van der Waals surface area contributed by atoms with Gasteiger partial charge in [-0.2, -0.15) is 0 Å². The van der Waals surface area contributed by atoms with E-state index in [-0.39, 0.29) is 12.1 Å². The van der Waals surface area contributed by atoms with Gasteiger partial charge in [0.25, 0.3) is 0 Å². The molecule has 2 bridgehead atoms. The summed E-state index contributed by atoms with van der Waals surface area (Å²) in [5.41, 5.74) is 0. The minimum atomic E-state index is -0.0222. The third kappa shape index (κ3) is 1.34. The number of rotatable bonds is 2. The number of esters is 1. The molecule has 82 valence electrons. The smallest absolute Gasteiger partial charge is 0.305 e. The number of carbonyl (C=O) groups is 1. The van der Waals surface area contributed by atoms with Crippen molar-refractivity contribution in [2.24, 2.45) is 23.7 Å². The maximum atomic E-state index is 11.3. The number of hydrogen-bond acceptors (Lipinski definition) is 2. The maximum Gasteiger partial charge on any atom is 0.305 e. The van der Waals surface area contributed by atoms with Crippen LogP contribution in [0.2, 0.25) is 0 Å². The van der Waals surface area contributed by atoms with Gasteiger partial charge in [0.05, 0.1) is 0 Å². The Balaban J connectivity index is 1.70. The highest BCUT2D eigenvalue weighted by Gasteiger charge is 2.53. The van der Waals surface area contributed by atoms with Crippen molar-refractivity contribution in [2.75, 3.05) is 0 Å². The summed E-state index contributed by atoms with van der Waals surface area (Å²) >= 11 is 0. The van der Waals surface area contributed by atoms with Crippen molar-refractivity contribution in [1.29, 1.82) is 0 Å². The van der Waals surface area contributed by atoms with E-state index in [1.165, 1.54) is 12.8 Å². The molecule has 3 aliphatic carbocycles. The first-order valence-corrected chi connectivity index (χ1v) is 6.15. The van der Waals surface area contributed by atoms with Gasteiger partial charge in [-0.1, -0.05) is 19.1 Å². The molecule has 0 heterocycles. The Morgan fingerprint density at radius 2 is 2.27 bits per heavy atom. The molecule has 0 saturated heterocycles. The zero-order valence-corrected chi connectivity index (χ0v) is 9.19. The van der Waals surface area contributed by atoms with Gasteiger partial charge in [0.15, 0.2) is 0 Å². The standard InChI is InChI=1S/C13H18O2/c1-2-13(14)15-12-7-8-6-11(12)10-5-3-4-9(8)10/h3,5,8-12H,2,4,6-7H2,1H3/t8-,9+,10-,11-,12-/m1/s1. The molecule has 0 N–H and O–H groups in total. The third-order valence-corrected chi connectivity index (χ3v) is 4.52. The van der Waals surface area contributed by atoms with E-state index in [0.29, 0.717) is 12.3 Å². The van der Waals surface area contributed by atoms with Crippen LogP contribution in [0, 0.1) is 23.7 Å². The molecule has 0 spiro atoms. The lowest BCUT2D eigenvalue weighted by Crippen LogP contribution is -2.31. The van der Waals surface area contributed by atoms with E-state index in [1.54, 1.807) is 0 Å². The van der Waals surface area contributed by atoms with Gasteiger partial charge in [-0.25, -0.2) is 0 Å². The highest BCUT2D eigenvalue weighted by molar-refractivity contribution is 5.69. The summed E-state index contributed by atoms with van der Waals surface area (Å²) in [5.74, 6) is 3.04. The predicted molar refractivity (Wildman–Crippen MR) is 57.1 cm³/mol. The summed E-state index contributed by atoms with van der Waals surface area (Å²) in [4.78, 5) is 11.3. The lowest BCUT2D eigenvalue weighted by Gasteiger charge is -2.30. The summed E-state index contributed by atoms with van der Waals surface area (Å²) in [6, 6.07) is 0. The van der Waals surface area contributed by atoms with Gasteiger partial charge in [-0.3, -0.25) is 4.79 Å². The molecule has 0 aromatic carbocycles. The van der Waals surface area contributed by atoms with Crippen LogP contribution in [0.1, 0.15) is 32.6 Å². The average molecular weight is 206 g/mol. The largest absolute Gasteiger partial charge is 0.462 e. The monoisotopic (exact) mass is 206 g/mol. The van der Waals surface area contributed by atoms with E-state index in [2.05, 4.69) is 12.2 Å². The normalized spacial score (nSPS) is 45.8. The van der Waals surface area contributed by atoms with Gasteiger partial charge in [0.2, 0.25) is 0 Å². The van der Waals surface area contributed by atoms with Crippen LogP contribution in [0.25, 0.3) is 0 Å². The van der Waals surface area contributed by atoms with Gasteiger partial charge in [0, 0.05) is 12.3 Å².